The van der Waals surface area contributed by atoms with Gasteiger partial charge in [0.1, 0.15) is 0 Å². The van der Waals surface area contributed by atoms with Gasteiger partial charge in [-0.05, 0) is 25.0 Å². The highest BCUT2D eigenvalue weighted by Gasteiger charge is 2.35. The molecule has 2 rings (SSSR count). The Morgan fingerprint density at radius 2 is 1.68 bits per heavy atom. The highest BCUT2D eigenvalue weighted by atomic mass is 35.5. The average Bonchev–Trinajstić information content (AvgIpc) is 2.52. The summed E-state index contributed by atoms with van der Waals surface area (Å²) in [7, 11) is 0. The van der Waals surface area contributed by atoms with E-state index >= 15 is 0 Å². The number of nitrogens with two attached hydrogens (primary N) is 1. The van der Waals surface area contributed by atoms with Crippen LogP contribution in [0.3, 0.4) is 0 Å². The van der Waals surface area contributed by atoms with Gasteiger partial charge in [-0.3, -0.25) is 9.59 Å². The molecule has 1 aliphatic heterocycles. The molecule has 1 fully saturated rings. The molecule has 0 atom stereocenters. The molecule has 4 N–H and O–H groups in total. The zero-order chi connectivity index (χ0) is 15.1. The summed E-state index contributed by atoms with van der Waals surface area (Å²) in [6.45, 7) is 1.74. The lowest BCUT2D eigenvalue weighted by atomic mass is 9.90. The van der Waals surface area contributed by atoms with Gasteiger partial charge < -0.3 is 21.1 Å². The van der Waals surface area contributed by atoms with E-state index in [-0.39, 0.29) is 24.2 Å². The van der Waals surface area contributed by atoms with Crippen molar-refractivity contribution in [2.45, 2.75) is 18.4 Å². The molecule has 1 heterocycles. The number of carbonyl (C=O) groups excluding carboxylic acids is 2. The molecule has 1 saturated heterocycles. The van der Waals surface area contributed by atoms with Gasteiger partial charge in [0.25, 0.3) is 5.91 Å². The Morgan fingerprint density at radius 1 is 1.09 bits per heavy atom. The van der Waals surface area contributed by atoms with Gasteiger partial charge in [-0.15, -0.1) is 12.4 Å². The zero-order valence-corrected chi connectivity index (χ0v) is 13.2. The largest absolute Gasteiger partial charge is 0.381 e. The first-order valence-corrected chi connectivity index (χ1v) is 7.10. The first-order valence-electron chi connectivity index (χ1n) is 7.10. The molecule has 6 nitrogen and oxygen atoms in total. The number of halogens is 1. The molecule has 1 aliphatic rings. The highest BCUT2D eigenvalue weighted by molar-refractivity contribution is 5.94. The number of ether oxygens (including phenoxy) is 1. The predicted molar refractivity (Wildman–Crippen MR) is 86.0 cm³/mol. The number of hydrogen-bond acceptors (Lipinski definition) is 4. The zero-order valence-electron chi connectivity index (χ0n) is 12.3. The van der Waals surface area contributed by atoms with Gasteiger partial charge in [-0.25, -0.2) is 0 Å². The van der Waals surface area contributed by atoms with E-state index in [4.69, 9.17) is 10.5 Å². The standard InChI is InChI=1S/C15H21N3O3.ClH/c16-15(6-10-21-11-7-15)14(20)18-9-8-17-13(19)12-4-2-1-3-5-12;/h1-5H,6-11,16H2,(H,17,19)(H,18,20);1H. The van der Waals surface area contributed by atoms with Crippen LogP contribution in [0.5, 0.6) is 0 Å². The summed E-state index contributed by atoms with van der Waals surface area (Å²) in [5, 5.41) is 5.52. The SMILES string of the molecule is Cl.NC1(C(=O)NCCNC(=O)c2ccccc2)CCOCC1. The molecule has 0 saturated carbocycles. The van der Waals surface area contributed by atoms with Crippen molar-refractivity contribution in [1.82, 2.24) is 10.6 Å². The van der Waals surface area contributed by atoms with E-state index in [0.717, 1.165) is 0 Å². The normalized spacial score (nSPS) is 16.2. The Morgan fingerprint density at radius 3 is 2.32 bits per heavy atom. The second-order valence-electron chi connectivity index (χ2n) is 5.15. The minimum atomic E-state index is -0.846. The fraction of sp³-hybridized carbons (Fsp3) is 0.467. The fourth-order valence-corrected chi connectivity index (χ4v) is 2.18. The Bertz CT molecular complexity index is 490. The number of hydrogen-bond donors (Lipinski definition) is 3. The summed E-state index contributed by atoms with van der Waals surface area (Å²) in [6.07, 6.45) is 1.05. The van der Waals surface area contributed by atoms with Crippen molar-refractivity contribution in [3.63, 3.8) is 0 Å². The highest BCUT2D eigenvalue weighted by Crippen LogP contribution is 2.17. The van der Waals surface area contributed by atoms with Gasteiger partial charge in [-0.2, -0.15) is 0 Å². The fourth-order valence-electron chi connectivity index (χ4n) is 2.18. The molecule has 0 unspecified atom stereocenters. The number of nitrogens with one attached hydrogen (secondary N) is 2. The van der Waals surface area contributed by atoms with E-state index < -0.39 is 5.54 Å². The van der Waals surface area contributed by atoms with Crippen LogP contribution in [0.25, 0.3) is 0 Å². The van der Waals surface area contributed by atoms with Crippen molar-refractivity contribution in [3.05, 3.63) is 35.9 Å². The molecule has 1 aromatic rings. The van der Waals surface area contributed by atoms with Crippen LogP contribution in [0.15, 0.2) is 30.3 Å². The molecule has 122 valence electrons. The van der Waals surface area contributed by atoms with Gasteiger partial charge in [0.15, 0.2) is 0 Å². The molecule has 0 radical (unpaired) electrons. The number of amides is 2. The lowest BCUT2D eigenvalue weighted by molar-refractivity contribution is -0.129. The Labute approximate surface area is 136 Å². The van der Waals surface area contributed by atoms with Crippen molar-refractivity contribution < 1.29 is 14.3 Å². The van der Waals surface area contributed by atoms with Gasteiger partial charge in [-0.1, -0.05) is 18.2 Å². The van der Waals surface area contributed by atoms with Crippen molar-refractivity contribution in [2.24, 2.45) is 5.73 Å². The molecule has 2 amide bonds. The summed E-state index contributed by atoms with van der Waals surface area (Å²) >= 11 is 0. The topological polar surface area (TPSA) is 93.5 Å². The molecular formula is C15H22ClN3O3. The first-order chi connectivity index (χ1) is 10.1. The summed E-state index contributed by atoms with van der Waals surface area (Å²) < 4.78 is 5.20. The number of carbonyl (C=O) groups is 2. The lowest BCUT2D eigenvalue weighted by Gasteiger charge is -2.31. The molecule has 1 aromatic carbocycles. The van der Waals surface area contributed by atoms with E-state index in [1.54, 1.807) is 24.3 Å². The minimum Gasteiger partial charge on any atom is -0.381 e. The Balaban J connectivity index is 0.00000242. The van der Waals surface area contributed by atoms with Crippen LogP contribution in [-0.2, 0) is 9.53 Å². The van der Waals surface area contributed by atoms with E-state index in [2.05, 4.69) is 10.6 Å². The first kappa shape index (κ1) is 18.4. The third-order valence-corrected chi connectivity index (χ3v) is 3.57. The second kappa shape index (κ2) is 8.73. The Kier molecular flexibility index (Phi) is 7.31. The average molecular weight is 328 g/mol. The van der Waals surface area contributed by atoms with Crippen LogP contribution in [-0.4, -0.2) is 43.7 Å². The molecule has 7 heteroatoms. The van der Waals surface area contributed by atoms with Crippen molar-refractivity contribution in [3.8, 4) is 0 Å². The van der Waals surface area contributed by atoms with E-state index in [1.165, 1.54) is 0 Å². The van der Waals surface area contributed by atoms with Crippen molar-refractivity contribution in [1.29, 1.82) is 0 Å². The quantitative estimate of drug-likeness (QED) is 0.685. The van der Waals surface area contributed by atoms with E-state index in [9.17, 15) is 9.59 Å². The van der Waals surface area contributed by atoms with E-state index in [1.807, 2.05) is 6.07 Å². The van der Waals surface area contributed by atoms with Crippen LogP contribution in [0.2, 0.25) is 0 Å². The van der Waals surface area contributed by atoms with Crippen LogP contribution in [0.4, 0.5) is 0 Å². The third-order valence-electron chi connectivity index (χ3n) is 3.57. The summed E-state index contributed by atoms with van der Waals surface area (Å²) in [5.41, 5.74) is 5.81. The van der Waals surface area contributed by atoms with Crippen LogP contribution in [0.1, 0.15) is 23.2 Å². The molecular weight excluding hydrogens is 306 g/mol. The monoisotopic (exact) mass is 327 g/mol. The molecule has 0 aliphatic carbocycles. The summed E-state index contributed by atoms with van der Waals surface area (Å²) in [5.74, 6) is -0.335. The molecule has 0 bridgehead atoms. The lowest BCUT2D eigenvalue weighted by Crippen LogP contribution is -2.57. The summed E-state index contributed by atoms with van der Waals surface area (Å²) in [4.78, 5) is 23.8. The van der Waals surface area contributed by atoms with Gasteiger partial charge in [0.05, 0.1) is 5.54 Å². The molecule has 0 spiro atoms. The molecule has 22 heavy (non-hydrogen) atoms. The maximum Gasteiger partial charge on any atom is 0.251 e. The van der Waals surface area contributed by atoms with Crippen molar-refractivity contribution in [2.75, 3.05) is 26.3 Å². The summed E-state index contributed by atoms with van der Waals surface area (Å²) in [6, 6.07) is 8.95. The van der Waals surface area contributed by atoms with Crippen LogP contribution < -0.4 is 16.4 Å². The van der Waals surface area contributed by atoms with Crippen molar-refractivity contribution >= 4 is 24.2 Å². The third kappa shape index (κ3) is 4.98. The second-order valence-corrected chi connectivity index (χ2v) is 5.15. The van der Waals surface area contributed by atoms with Gasteiger partial charge >= 0.3 is 0 Å². The maximum absolute atomic E-state index is 12.0. The van der Waals surface area contributed by atoms with Gasteiger partial charge in [0.2, 0.25) is 5.91 Å². The Hall–Kier alpha value is -1.63. The van der Waals surface area contributed by atoms with E-state index in [0.29, 0.717) is 44.7 Å². The minimum absolute atomic E-state index is 0. The predicted octanol–water partition coefficient (Wildman–Crippen LogP) is 0.462. The van der Waals surface area contributed by atoms with Gasteiger partial charge in [0, 0.05) is 31.9 Å². The maximum atomic E-state index is 12.0. The number of benzene rings is 1. The van der Waals surface area contributed by atoms with Crippen LogP contribution in [0, 0.1) is 0 Å². The molecule has 0 aromatic heterocycles. The van der Waals surface area contributed by atoms with Crippen LogP contribution >= 0.6 is 12.4 Å². The smallest absolute Gasteiger partial charge is 0.251 e. The number of rotatable bonds is 5.